The van der Waals surface area contributed by atoms with Crippen LogP contribution in [0, 0.1) is 0 Å². The van der Waals surface area contributed by atoms with Crippen molar-refractivity contribution >= 4 is 11.7 Å². The molecule has 0 bridgehead atoms. The Kier molecular flexibility index (Phi) is 6.11. The summed E-state index contributed by atoms with van der Waals surface area (Å²) in [5, 5.41) is 7.85. The average Bonchev–Trinajstić information content (AvgIpc) is 2.70. The van der Waals surface area contributed by atoms with Crippen LogP contribution < -0.4 is 16.1 Å². The normalized spacial score (nSPS) is 16.6. The van der Waals surface area contributed by atoms with E-state index in [-0.39, 0.29) is 11.7 Å². The maximum atomic E-state index is 13.3. The fourth-order valence-corrected chi connectivity index (χ4v) is 3.27. The van der Waals surface area contributed by atoms with E-state index in [2.05, 4.69) is 23.0 Å². The molecule has 1 amide bonds. The third-order valence-corrected chi connectivity index (χ3v) is 4.73. The molecule has 3 rings (SSSR count). The van der Waals surface area contributed by atoms with Crippen LogP contribution in [0.25, 0.3) is 0 Å². The summed E-state index contributed by atoms with van der Waals surface area (Å²) < 4.78 is 0. The fraction of sp³-hybridized carbons (Fsp3) is 0.273. The Balaban J connectivity index is 1.93. The van der Waals surface area contributed by atoms with E-state index in [9.17, 15) is 9.59 Å². The lowest BCUT2D eigenvalue weighted by Crippen LogP contribution is -2.40. The van der Waals surface area contributed by atoms with Crippen molar-refractivity contribution in [3.63, 3.8) is 0 Å². The van der Waals surface area contributed by atoms with Crippen molar-refractivity contribution in [1.82, 2.24) is 21.1 Å². The molecule has 0 fully saturated rings. The topological polar surface area (TPSA) is 73.5 Å². The van der Waals surface area contributed by atoms with Crippen LogP contribution in [0.5, 0.6) is 0 Å². The average molecular weight is 378 g/mol. The number of ketones is 1. The molecule has 0 radical (unpaired) electrons. The maximum absolute atomic E-state index is 13.3. The van der Waals surface area contributed by atoms with Gasteiger partial charge in [0.15, 0.2) is 5.78 Å². The minimum Gasteiger partial charge on any atom is -0.367 e. The van der Waals surface area contributed by atoms with E-state index in [0.717, 1.165) is 35.4 Å². The number of benzene rings is 1. The molecular formula is C22H26N4O2. The zero-order chi connectivity index (χ0) is 20.1. The number of Topliss-reactive ketones (excluding diaryl/α,β-unsaturated/α-hetero) is 1. The highest BCUT2D eigenvalue weighted by Gasteiger charge is 2.30. The Labute approximate surface area is 165 Å². The molecule has 1 aromatic carbocycles. The van der Waals surface area contributed by atoms with Gasteiger partial charge in [0.2, 0.25) is 0 Å². The van der Waals surface area contributed by atoms with Crippen molar-refractivity contribution in [2.75, 3.05) is 6.54 Å². The smallest absolute Gasteiger partial charge is 0.254 e. The number of hydrogen-bond acceptors (Lipinski definition) is 5. The standard InChI is InChI=1S/C22H26N4O2/c1-4-11-24-26-14-18-10-12-23-13-19(18)20(15(26)2)22(28)25-21(16(3)27)17-8-6-5-7-9-17/h5-10,12-14,21,23-24H,4,11H2,1-3H3,(H,25,28)/t21-/m1/s1. The Morgan fingerprint density at radius 1 is 1.21 bits per heavy atom. The minimum absolute atomic E-state index is 0.110. The van der Waals surface area contributed by atoms with Gasteiger partial charge in [-0.2, -0.15) is 0 Å². The van der Waals surface area contributed by atoms with Crippen molar-refractivity contribution in [1.29, 1.82) is 0 Å². The van der Waals surface area contributed by atoms with Gasteiger partial charge < -0.3 is 10.6 Å². The van der Waals surface area contributed by atoms with Crippen LogP contribution in [0.3, 0.4) is 0 Å². The van der Waals surface area contributed by atoms with Gasteiger partial charge in [-0.3, -0.25) is 14.6 Å². The first kappa shape index (κ1) is 19.6. The Bertz CT molecular complexity index is 881. The summed E-state index contributed by atoms with van der Waals surface area (Å²) in [6, 6.07) is 8.61. The van der Waals surface area contributed by atoms with Gasteiger partial charge in [0.05, 0.1) is 5.57 Å². The number of fused-ring (bicyclic) bond motifs is 1. The molecule has 0 saturated carbocycles. The number of hydrazine groups is 1. The van der Waals surface area contributed by atoms with Crippen LogP contribution in [0.2, 0.25) is 0 Å². The number of nitrogens with one attached hydrogen (secondary N) is 3. The summed E-state index contributed by atoms with van der Waals surface area (Å²) in [5.74, 6) is -0.389. The van der Waals surface area contributed by atoms with Gasteiger partial charge in [-0.25, -0.2) is 5.43 Å². The predicted molar refractivity (Wildman–Crippen MR) is 109 cm³/mol. The van der Waals surface area contributed by atoms with Gasteiger partial charge in [-0.05, 0) is 31.9 Å². The molecule has 1 atom stereocenters. The first-order chi connectivity index (χ1) is 13.5. The van der Waals surface area contributed by atoms with Crippen molar-refractivity contribution < 1.29 is 9.59 Å². The summed E-state index contributed by atoms with van der Waals surface area (Å²) >= 11 is 0. The zero-order valence-corrected chi connectivity index (χ0v) is 16.5. The number of allylic oxidation sites excluding steroid dienone is 3. The number of hydrogen-bond donors (Lipinski definition) is 3. The maximum Gasteiger partial charge on any atom is 0.254 e. The van der Waals surface area contributed by atoms with Crippen LogP contribution in [0.4, 0.5) is 0 Å². The highest BCUT2D eigenvalue weighted by atomic mass is 16.2. The molecule has 3 N–H and O–H groups in total. The Morgan fingerprint density at radius 3 is 2.64 bits per heavy atom. The molecule has 6 heteroatoms. The van der Waals surface area contributed by atoms with Crippen molar-refractivity contribution in [3.8, 4) is 0 Å². The van der Waals surface area contributed by atoms with Gasteiger partial charge >= 0.3 is 0 Å². The van der Waals surface area contributed by atoms with E-state index >= 15 is 0 Å². The lowest BCUT2D eigenvalue weighted by Gasteiger charge is -2.32. The van der Waals surface area contributed by atoms with E-state index in [1.165, 1.54) is 6.92 Å². The second kappa shape index (κ2) is 8.71. The Morgan fingerprint density at radius 2 is 1.96 bits per heavy atom. The molecular weight excluding hydrogens is 352 g/mol. The molecule has 0 unspecified atom stereocenters. The van der Waals surface area contributed by atoms with Gasteiger partial charge in [0.1, 0.15) is 6.04 Å². The van der Waals surface area contributed by atoms with E-state index in [1.54, 1.807) is 0 Å². The van der Waals surface area contributed by atoms with Crippen LogP contribution in [0.15, 0.2) is 77.4 Å². The van der Waals surface area contributed by atoms with Crippen LogP contribution in [-0.2, 0) is 9.59 Å². The Hall–Kier alpha value is -3.12. The zero-order valence-electron chi connectivity index (χ0n) is 16.5. The molecule has 0 aromatic heterocycles. The van der Waals surface area contributed by atoms with E-state index in [0.29, 0.717) is 5.57 Å². The molecule has 1 aromatic rings. The van der Waals surface area contributed by atoms with Crippen LogP contribution >= 0.6 is 0 Å². The number of dihydropyridines is 1. The third-order valence-electron chi connectivity index (χ3n) is 4.73. The number of carbonyl (C=O) groups excluding carboxylic acids is 2. The summed E-state index contributed by atoms with van der Waals surface area (Å²) in [6.45, 7) is 6.26. The third kappa shape index (κ3) is 4.07. The van der Waals surface area contributed by atoms with Gasteiger partial charge in [0, 0.05) is 42.0 Å². The van der Waals surface area contributed by atoms with Gasteiger partial charge in [-0.1, -0.05) is 37.3 Å². The lowest BCUT2D eigenvalue weighted by molar-refractivity contribution is -0.124. The fourth-order valence-electron chi connectivity index (χ4n) is 3.27. The van der Waals surface area contributed by atoms with Gasteiger partial charge in [-0.15, -0.1) is 0 Å². The number of nitrogens with zero attached hydrogens (tertiary/aromatic N) is 1. The summed E-state index contributed by atoms with van der Waals surface area (Å²) in [7, 11) is 0. The van der Waals surface area contributed by atoms with Crippen molar-refractivity contribution in [3.05, 3.63) is 83.0 Å². The number of rotatable bonds is 7. The molecule has 0 saturated heterocycles. The number of amides is 1. The molecule has 0 spiro atoms. The first-order valence-electron chi connectivity index (χ1n) is 9.48. The highest BCUT2D eigenvalue weighted by molar-refractivity contribution is 6.03. The summed E-state index contributed by atoms with van der Waals surface area (Å²) in [4.78, 5) is 25.5. The monoisotopic (exact) mass is 378 g/mol. The molecule has 2 aliphatic rings. The van der Waals surface area contributed by atoms with E-state index < -0.39 is 6.04 Å². The molecule has 2 heterocycles. The summed E-state index contributed by atoms with van der Waals surface area (Å²) in [5.41, 5.74) is 7.15. The van der Waals surface area contributed by atoms with E-state index in [1.807, 2.05) is 66.9 Å². The second-order valence-corrected chi connectivity index (χ2v) is 6.81. The van der Waals surface area contributed by atoms with Gasteiger partial charge in [0.25, 0.3) is 5.91 Å². The molecule has 146 valence electrons. The number of carbonyl (C=O) groups is 2. The molecule has 28 heavy (non-hydrogen) atoms. The first-order valence-corrected chi connectivity index (χ1v) is 9.48. The largest absolute Gasteiger partial charge is 0.367 e. The van der Waals surface area contributed by atoms with Crippen molar-refractivity contribution in [2.45, 2.75) is 33.2 Å². The predicted octanol–water partition coefficient (Wildman–Crippen LogP) is 2.82. The highest BCUT2D eigenvalue weighted by Crippen LogP contribution is 2.32. The molecule has 6 nitrogen and oxygen atoms in total. The lowest BCUT2D eigenvalue weighted by atomic mass is 9.92. The quantitative estimate of drug-likeness (QED) is 0.680. The SMILES string of the molecule is CCCNN1C=C2C=CNC=C2C(C(=O)N[C@H](C(C)=O)c2ccccc2)=C1C. The molecule has 0 aliphatic carbocycles. The van der Waals surface area contributed by atoms with Crippen LogP contribution in [0.1, 0.15) is 38.8 Å². The van der Waals surface area contributed by atoms with Crippen molar-refractivity contribution in [2.24, 2.45) is 0 Å². The summed E-state index contributed by atoms with van der Waals surface area (Å²) in [6.07, 6.45) is 8.51. The second-order valence-electron chi connectivity index (χ2n) is 6.81. The minimum atomic E-state index is -0.687. The van der Waals surface area contributed by atoms with Crippen LogP contribution in [-0.4, -0.2) is 23.2 Å². The molecule has 2 aliphatic heterocycles. The van der Waals surface area contributed by atoms with E-state index in [4.69, 9.17) is 0 Å².